The molecule has 10 heteroatoms. The van der Waals surface area contributed by atoms with Crippen LogP contribution in [0.2, 0.25) is 0 Å². The van der Waals surface area contributed by atoms with E-state index in [0.29, 0.717) is 27.8 Å². The summed E-state index contributed by atoms with van der Waals surface area (Å²) in [5.41, 5.74) is 9.31. The summed E-state index contributed by atoms with van der Waals surface area (Å²) in [6.07, 6.45) is 1.42. The molecule has 2 aromatic heterocycles. The number of nitrogens with zero attached hydrogens (tertiary/aromatic N) is 5. The van der Waals surface area contributed by atoms with Crippen molar-refractivity contribution < 1.29 is 9.72 Å². The van der Waals surface area contributed by atoms with Crippen LogP contribution in [-0.2, 0) is 0 Å². The first-order chi connectivity index (χ1) is 16.5. The molecule has 0 aliphatic heterocycles. The van der Waals surface area contributed by atoms with Gasteiger partial charge in [0.05, 0.1) is 22.2 Å². The van der Waals surface area contributed by atoms with E-state index in [-0.39, 0.29) is 22.7 Å². The molecule has 0 radical (unpaired) electrons. The fourth-order valence-electron chi connectivity index (χ4n) is 3.55. The fraction of sp³-hybridized carbons (Fsp3) is 0. The number of amides is 1. The first-order valence-corrected chi connectivity index (χ1v) is 10.2. The second-order valence-corrected chi connectivity index (χ2v) is 7.37. The van der Waals surface area contributed by atoms with Gasteiger partial charge >= 0.3 is 0 Å². The number of carbonyl (C=O) groups is 1. The number of non-ortho nitro benzene ring substituents is 1. The van der Waals surface area contributed by atoms with Crippen molar-refractivity contribution >= 4 is 51.5 Å². The molecule has 0 fully saturated rings. The highest BCUT2D eigenvalue weighted by molar-refractivity contribution is 6.16. The molecule has 0 saturated heterocycles. The minimum Gasteiger partial charge on any atom is -0.383 e. The number of carbonyl (C=O) groups excluding carboxylic acids is 1. The van der Waals surface area contributed by atoms with Crippen LogP contribution in [0.1, 0.15) is 15.9 Å². The Bertz CT molecular complexity index is 1590. The zero-order chi connectivity index (χ0) is 23.7. The van der Waals surface area contributed by atoms with Crippen molar-refractivity contribution in [1.29, 1.82) is 0 Å². The van der Waals surface area contributed by atoms with E-state index in [1.807, 2.05) is 18.2 Å². The number of anilines is 2. The van der Waals surface area contributed by atoms with Gasteiger partial charge in [-0.2, -0.15) is 9.78 Å². The quantitative estimate of drug-likeness (QED) is 0.233. The summed E-state index contributed by atoms with van der Waals surface area (Å²) in [6.45, 7) is 0. The number of benzene rings is 3. The Balaban J connectivity index is 1.66. The van der Waals surface area contributed by atoms with Crippen LogP contribution >= 0.6 is 0 Å². The standard InChI is InChI=1S/C24H17N7O3/c25-22-20(24(32)27-16-8-2-1-3-9-16)21-23(29-19-12-5-4-11-18(19)28-21)30(22)26-14-15-7-6-10-17(13-15)31(33)34/h1-14H,25H2,(H,27,32)/b26-14+. The van der Waals surface area contributed by atoms with E-state index in [1.165, 1.54) is 23.0 Å². The lowest BCUT2D eigenvalue weighted by atomic mass is 10.2. The van der Waals surface area contributed by atoms with Crippen molar-refractivity contribution in [1.82, 2.24) is 14.6 Å². The summed E-state index contributed by atoms with van der Waals surface area (Å²) < 4.78 is 1.31. The van der Waals surface area contributed by atoms with Gasteiger partial charge in [-0.15, -0.1) is 0 Å². The highest BCUT2D eigenvalue weighted by atomic mass is 16.6. The topological polar surface area (TPSA) is 141 Å². The van der Waals surface area contributed by atoms with Crippen LogP contribution in [0, 0.1) is 10.1 Å². The Labute approximate surface area is 192 Å². The second kappa shape index (κ2) is 8.43. The summed E-state index contributed by atoms with van der Waals surface area (Å²) in [7, 11) is 0. The average molecular weight is 451 g/mol. The number of hydrogen-bond acceptors (Lipinski definition) is 7. The first kappa shape index (κ1) is 20.8. The van der Waals surface area contributed by atoms with Gasteiger partial charge in [0.25, 0.3) is 11.6 Å². The predicted molar refractivity (Wildman–Crippen MR) is 130 cm³/mol. The van der Waals surface area contributed by atoms with Gasteiger partial charge < -0.3 is 11.1 Å². The Hall–Kier alpha value is -5.12. The molecule has 10 nitrogen and oxygen atoms in total. The van der Waals surface area contributed by atoms with Gasteiger partial charge in [-0.1, -0.05) is 42.5 Å². The van der Waals surface area contributed by atoms with Crippen molar-refractivity contribution in [2.75, 3.05) is 11.1 Å². The number of hydrogen-bond donors (Lipinski definition) is 2. The number of fused-ring (bicyclic) bond motifs is 2. The monoisotopic (exact) mass is 451 g/mol. The Morgan fingerprint density at radius 1 is 1.00 bits per heavy atom. The zero-order valence-electron chi connectivity index (χ0n) is 17.6. The van der Waals surface area contributed by atoms with E-state index in [4.69, 9.17) is 5.73 Å². The Morgan fingerprint density at radius 2 is 1.71 bits per heavy atom. The second-order valence-electron chi connectivity index (χ2n) is 7.37. The van der Waals surface area contributed by atoms with E-state index in [2.05, 4.69) is 20.4 Å². The minimum atomic E-state index is -0.486. The van der Waals surface area contributed by atoms with Crippen LogP contribution < -0.4 is 11.1 Å². The number of nitrogens with one attached hydrogen (secondary N) is 1. The zero-order valence-corrected chi connectivity index (χ0v) is 17.6. The molecular weight excluding hydrogens is 434 g/mol. The highest BCUT2D eigenvalue weighted by Gasteiger charge is 2.24. The number of nitro groups is 1. The van der Waals surface area contributed by atoms with E-state index < -0.39 is 10.8 Å². The molecule has 1 amide bonds. The van der Waals surface area contributed by atoms with Crippen LogP contribution in [0.25, 0.3) is 22.2 Å². The highest BCUT2D eigenvalue weighted by Crippen LogP contribution is 2.28. The smallest absolute Gasteiger partial charge is 0.270 e. The SMILES string of the molecule is Nc1c(C(=O)Nc2ccccc2)c2nc3ccccc3nc2n1/N=C/c1cccc([N+](=O)[O-])c1. The van der Waals surface area contributed by atoms with Crippen LogP contribution in [0.4, 0.5) is 17.2 Å². The summed E-state index contributed by atoms with van der Waals surface area (Å²) in [4.78, 5) is 33.0. The summed E-state index contributed by atoms with van der Waals surface area (Å²) in [6, 6.07) is 22.2. The molecule has 0 bridgehead atoms. The maximum Gasteiger partial charge on any atom is 0.270 e. The van der Waals surface area contributed by atoms with Crippen LogP contribution in [0.15, 0.2) is 84.0 Å². The lowest BCUT2D eigenvalue weighted by Crippen LogP contribution is -2.14. The van der Waals surface area contributed by atoms with E-state index in [0.717, 1.165) is 0 Å². The van der Waals surface area contributed by atoms with E-state index >= 15 is 0 Å². The normalized spacial score (nSPS) is 11.3. The minimum absolute atomic E-state index is 0.0421. The summed E-state index contributed by atoms with van der Waals surface area (Å²) in [5, 5.41) is 18.3. The van der Waals surface area contributed by atoms with Gasteiger partial charge in [-0.25, -0.2) is 9.97 Å². The summed E-state index contributed by atoms with van der Waals surface area (Å²) in [5.74, 6) is -0.414. The van der Waals surface area contributed by atoms with Crippen LogP contribution in [0.5, 0.6) is 0 Å². The number of nitro benzene ring substituents is 1. The van der Waals surface area contributed by atoms with Crippen LogP contribution in [0.3, 0.4) is 0 Å². The third-order valence-corrected chi connectivity index (χ3v) is 5.14. The van der Waals surface area contributed by atoms with E-state index in [1.54, 1.807) is 48.5 Å². The molecular formula is C24H17N7O3. The number of nitrogen functional groups attached to an aromatic ring is 1. The molecule has 3 N–H and O–H groups in total. The van der Waals surface area contributed by atoms with Gasteiger partial charge in [0.15, 0.2) is 5.65 Å². The van der Waals surface area contributed by atoms with E-state index in [9.17, 15) is 14.9 Å². The number of para-hydroxylation sites is 3. The molecule has 166 valence electrons. The van der Waals surface area contributed by atoms with Gasteiger partial charge in [-0.3, -0.25) is 14.9 Å². The van der Waals surface area contributed by atoms with Crippen molar-refractivity contribution in [2.45, 2.75) is 0 Å². The van der Waals surface area contributed by atoms with Crippen molar-refractivity contribution in [2.24, 2.45) is 5.10 Å². The molecule has 0 aliphatic carbocycles. The number of nitrogens with two attached hydrogens (primary N) is 1. The van der Waals surface area contributed by atoms with Gasteiger partial charge in [-0.05, 0) is 24.3 Å². The van der Waals surface area contributed by atoms with Gasteiger partial charge in [0, 0.05) is 23.4 Å². The molecule has 2 heterocycles. The summed E-state index contributed by atoms with van der Waals surface area (Å²) >= 11 is 0. The first-order valence-electron chi connectivity index (χ1n) is 10.2. The van der Waals surface area contributed by atoms with Crippen LogP contribution in [-0.4, -0.2) is 31.7 Å². The predicted octanol–water partition coefficient (Wildman–Crippen LogP) is 4.21. The van der Waals surface area contributed by atoms with Crippen molar-refractivity contribution in [3.05, 3.63) is 100 Å². The molecule has 5 aromatic rings. The molecule has 5 rings (SSSR count). The average Bonchev–Trinajstić information content (AvgIpc) is 3.12. The number of aromatic nitrogens is 3. The Morgan fingerprint density at radius 3 is 2.44 bits per heavy atom. The third-order valence-electron chi connectivity index (χ3n) is 5.14. The lowest BCUT2D eigenvalue weighted by Gasteiger charge is -2.05. The molecule has 0 spiro atoms. The molecule has 0 aliphatic rings. The number of rotatable bonds is 5. The molecule has 0 saturated carbocycles. The van der Waals surface area contributed by atoms with Gasteiger partial charge in [0.2, 0.25) is 0 Å². The fourth-order valence-corrected chi connectivity index (χ4v) is 3.55. The molecule has 3 aromatic carbocycles. The molecule has 0 unspecified atom stereocenters. The van der Waals surface area contributed by atoms with Gasteiger partial charge in [0.1, 0.15) is 16.9 Å². The maximum absolute atomic E-state index is 13.2. The third kappa shape index (κ3) is 3.79. The Kier molecular flexibility index (Phi) is 5.15. The molecule has 0 atom stereocenters. The van der Waals surface area contributed by atoms with Crippen molar-refractivity contribution in [3.63, 3.8) is 0 Å². The lowest BCUT2D eigenvalue weighted by molar-refractivity contribution is -0.384. The largest absolute Gasteiger partial charge is 0.383 e. The van der Waals surface area contributed by atoms with Crippen molar-refractivity contribution in [3.8, 4) is 0 Å². The molecule has 34 heavy (non-hydrogen) atoms. The maximum atomic E-state index is 13.2.